The number of carbonyl (C=O) groups is 1. The monoisotopic (exact) mass is 294 g/mol. The molecule has 1 amide bonds. The van der Waals surface area contributed by atoms with Crippen LogP contribution in [0, 0.1) is 0 Å². The molecule has 0 spiro atoms. The average molecular weight is 294 g/mol. The van der Waals surface area contributed by atoms with E-state index in [-0.39, 0.29) is 0 Å². The van der Waals surface area contributed by atoms with Crippen LogP contribution in [0.4, 0.5) is 10.5 Å². The van der Waals surface area contributed by atoms with Gasteiger partial charge in [-0.25, -0.2) is 4.79 Å². The summed E-state index contributed by atoms with van der Waals surface area (Å²) in [5.41, 5.74) is 0.664. The van der Waals surface area contributed by atoms with Gasteiger partial charge in [-0.05, 0) is 19.1 Å². The zero-order valence-corrected chi connectivity index (χ0v) is 12.3. The number of carbonyl (C=O) groups excluding carboxylic acids is 1. The summed E-state index contributed by atoms with van der Waals surface area (Å²) < 4.78 is 15.8. The van der Waals surface area contributed by atoms with Crippen molar-refractivity contribution < 1.29 is 19.0 Å². The lowest BCUT2D eigenvalue weighted by Gasteiger charge is -2.26. The molecule has 116 valence electrons. The van der Waals surface area contributed by atoms with E-state index >= 15 is 0 Å². The Labute approximate surface area is 125 Å². The fourth-order valence-electron chi connectivity index (χ4n) is 2.08. The van der Waals surface area contributed by atoms with Gasteiger partial charge in [0, 0.05) is 31.4 Å². The van der Waals surface area contributed by atoms with Crippen molar-refractivity contribution in [3.8, 4) is 5.75 Å². The summed E-state index contributed by atoms with van der Waals surface area (Å²) in [5, 5.41) is 2.69. The molecule has 6 nitrogen and oxygen atoms in total. The van der Waals surface area contributed by atoms with Gasteiger partial charge in [0.15, 0.2) is 0 Å². The normalized spacial score (nSPS) is 15.5. The van der Waals surface area contributed by atoms with E-state index in [1.807, 2.05) is 19.1 Å². The Kier molecular flexibility index (Phi) is 6.30. The second kappa shape index (κ2) is 8.49. The highest BCUT2D eigenvalue weighted by Crippen LogP contribution is 2.17. The molecule has 1 N–H and O–H groups in total. The lowest BCUT2D eigenvalue weighted by Crippen LogP contribution is -2.38. The molecule has 2 rings (SSSR count). The SMILES string of the molecule is CCOc1cccc(NC(=O)OCCN2CCOCC2)c1. The largest absolute Gasteiger partial charge is 0.494 e. The molecule has 0 aliphatic carbocycles. The maximum absolute atomic E-state index is 11.7. The number of morpholine rings is 1. The fraction of sp³-hybridized carbons (Fsp3) is 0.533. The topological polar surface area (TPSA) is 60.0 Å². The number of hydrogen-bond donors (Lipinski definition) is 1. The van der Waals surface area contributed by atoms with E-state index < -0.39 is 6.09 Å². The summed E-state index contributed by atoms with van der Waals surface area (Å²) in [7, 11) is 0. The molecule has 0 unspecified atom stereocenters. The van der Waals surface area contributed by atoms with Gasteiger partial charge in [0.2, 0.25) is 0 Å². The van der Waals surface area contributed by atoms with Crippen molar-refractivity contribution in [2.75, 3.05) is 51.4 Å². The van der Waals surface area contributed by atoms with Gasteiger partial charge in [0.1, 0.15) is 12.4 Å². The number of hydrogen-bond acceptors (Lipinski definition) is 5. The van der Waals surface area contributed by atoms with Gasteiger partial charge in [-0.15, -0.1) is 0 Å². The van der Waals surface area contributed by atoms with Gasteiger partial charge in [0.05, 0.1) is 19.8 Å². The second-order valence-corrected chi connectivity index (χ2v) is 4.68. The van der Waals surface area contributed by atoms with E-state index in [1.165, 1.54) is 0 Å². The zero-order valence-electron chi connectivity index (χ0n) is 12.3. The first-order chi connectivity index (χ1) is 10.3. The number of benzene rings is 1. The third-order valence-electron chi connectivity index (χ3n) is 3.14. The molecule has 6 heteroatoms. The number of nitrogens with zero attached hydrogens (tertiary/aromatic N) is 1. The van der Waals surface area contributed by atoms with E-state index in [0.717, 1.165) is 38.6 Å². The first-order valence-electron chi connectivity index (χ1n) is 7.24. The highest BCUT2D eigenvalue weighted by Gasteiger charge is 2.11. The van der Waals surface area contributed by atoms with E-state index in [9.17, 15) is 4.79 Å². The Morgan fingerprint density at radius 1 is 1.38 bits per heavy atom. The minimum Gasteiger partial charge on any atom is -0.494 e. The summed E-state index contributed by atoms with van der Waals surface area (Å²) in [5.74, 6) is 0.726. The maximum atomic E-state index is 11.7. The quantitative estimate of drug-likeness (QED) is 0.869. The van der Waals surface area contributed by atoms with Crippen LogP contribution in [0.3, 0.4) is 0 Å². The maximum Gasteiger partial charge on any atom is 0.411 e. The lowest BCUT2D eigenvalue weighted by molar-refractivity contribution is 0.0290. The van der Waals surface area contributed by atoms with Crippen LogP contribution >= 0.6 is 0 Å². The molecular formula is C15H22N2O4. The molecule has 1 aromatic carbocycles. The van der Waals surface area contributed by atoms with Crippen LogP contribution in [0.5, 0.6) is 5.75 Å². The smallest absolute Gasteiger partial charge is 0.411 e. The summed E-state index contributed by atoms with van der Waals surface area (Å²) in [6, 6.07) is 7.24. The van der Waals surface area contributed by atoms with Gasteiger partial charge >= 0.3 is 6.09 Å². The van der Waals surface area contributed by atoms with Crippen molar-refractivity contribution in [1.82, 2.24) is 4.90 Å². The Morgan fingerprint density at radius 3 is 2.95 bits per heavy atom. The fourth-order valence-corrected chi connectivity index (χ4v) is 2.08. The molecule has 21 heavy (non-hydrogen) atoms. The summed E-state index contributed by atoms with van der Waals surface area (Å²) in [6.45, 7) is 6.88. The summed E-state index contributed by atoms with van der Waals surface area (Å²) in [6.07, 6.45) is -0.447. The molecule has 0 aromatic heterocycles. The molecule has 0 atom stereocenters. The molecule has 1 aliphatic rings. The number of rotatable bonds is 6. The van der Waals surface area contributed by atoms with E-state index in [0.29, 0.717) is 18.9 Å². The zero-order chi connectivity index (χ0) is 14.9. The number of anilines is 1. The van der Waals surface area contributed by atoms with Crippen molar-refractivity contribution in [2.24, 2.45) is 0 Å². The summed E-state index contributed by atoms with van der Waals surface area (Å²) in [4.78, 5) is 13.9. The number of nitrogens with one attached hydrogen (secondary N) is 1. The van der Waals surface area contributed by atoms with Crippen LogP contribution in [0.15, 0.2) is 24.3 Å². The standard InChI is InChI=1S/C15H22N2O4/c1-2-20-14-5-3-4-13(12-14)16-15(18)21-11-8-17-6-9-19-10-7-17/h3-5,12H,2,6-11H2,1H3,(H,16,18). The molecule has 1 aromatic rings. The van der Waals surface area contributed by atoms with Crippen molar-refractivity contribution in [3.63, 3.8) is 0 Å². The third kappa shape index (κ3) is 5.61. The highest BCUT2D eigenvalue weighted by molar-refractivity contribution is 5.84. The van der Waals surface area contributed by atoms with Gasteiger partial charge in [0.25, 0.3) is 0 Å². The molecule has 1 fully saturated rings. The van der Waals surface area contributed by atoms with Gasteiger partial charge in [-0.1, -0.05) is 6.07 Å². The van der Waals surface area contributed by atoms with E-state index in [4.69, 9.17) is 14.2 Å². The number of ether oxygens (including phenoxy) is 3. The average Bonchev–Trinajstić information content (AvgIpc) is 2.49. The molecular weight excluding hydrogens is 272 g/mol. The molecule has 1 heterocycles. The highest BCUT2D eigenvalue weighted by atomic mass is 16.5. The number of amides is 1. The van der Waals surface area contributed by atoms with Crippen molar-refractivity contribution in [1.29, 1.82) is 0 Å². The van der Waals surface area contributed by atoms with Crippen LogP contribution < -0.4 is 10.1 Å². The molecule has 0 saturated carbocycles. The van der Waals surface area contributed by atoms with Crippen molar-refractivity contribution in [3.05, 3.63) is 24.3 Å². The Morgan fingerprint density at radius 2 is 2.19 bits per heavy atom. The van der Waals surface area contributed by atoms with Crippen LogP contribution in [0.1, 0.15) is 6.92 Å². The van der Waals surface area contributed by atoms with E-state index in [2.05, 4.69) is 10.2 Å². The predicted octanol–water partition coefficient (Wildman–Crippen LogP) is 1.97. The van der Waals surface area contributed by atoms with Crippen LogP contribution in [-0.2, 0) is 9.47 Å². The Balaban J connectivity index is 1.70. The van der Waals surface area contributed by atoms with Crippen molar-refractivity contribution >= 4 is 11.8 Å². The Bertz CT molecular complexity index is 447. The van der Waals surface area contributed by atoms with Crippen LogP contribution in [0.2, 0.25) is 0 Å². The third-order valence-corrected chi connectivity index (χ3v) is 3.14. The van der Waals surface area contributed by atoms with Crippen LogP contribution in [0.25, 0.3) is 0 Å². The van der Waals surface area contributed by atoms with Gasteiger partial charge < -0.3 is 14.2 Å². The molecule has 0 radical (unpaired) electrons. The minimum atomic E-state index is -0.447. The van der Waals surface area contributed by atoms with Gasteiger partial charge in [-0.3, -0.25) is 10.2 Å². The molecule has 1 saturated heterocycles. The Hall–Kier alpha value is -1.79. The molecule has 1 aliphatic heterocycles. The first kappa shape index (κ1) is 15.6. The van der Waals surface area contributed by atoms with Gasteiger partial charge in [-0.2, -0.15) is 0 Å². The van der Waals surface area contributed by atoms with E-state index in [1.54, 1.807) is 12.1 Å². The van der Waals surface area contributed by atoms with Crippen molar-refractivity contribution in [2.45, 2.75) is 6.92 Å². The first-order valence-corrected chi connectivity index (χ1v) is 7.24. The van der Waals surface area contributed by atoms with Crippen LogP contribution in [-0.4, -0.2) is 57.1 Å². The summed E-state index contributed by atoms with van der Waals surface area (Å²) >= 11 is 0. The second-order valence-electron chi connectivity index (χ2n) is 4.68. The lowest BCUT2D eigenvalue weighted by atomic mass is 10.3. The molecule has 0 bridgehead atoms. The predicted molar refractivity (Wildman–Crippen MR) is 79.8 cm³/mol. The minimum absolute atomic E-state index is 0.372.